The van der Waals surface area contributed by atoms with Crippen molar-refractivity contribution in [2.24, 2.45) is 5.92 Å². The van der Waals surface area contributed by atoms with Crippen molar-refractivity contribution in [3.8, 4) is 0 Å². The quantitative estimate of drug-likeness (QED) is 0.400. The molecular weight excluding hydrogens is 360 g/mol. The summed E-state index contributed by atoms with van der Waals surface area (Å²) in [6.07, 6.45) is 4.73. The Bertz CT molecular complexity index is 686. The van der Waals surface area contributed by atoms with Crippen LogP contribution in [0.3, 0.4) is 0 Å². The third-order valence-corrected chi connectivity index (χ3v) is 5.30. The standard InChI is InChI=1S/C25H34N2O2/c1-4-5-6-13-18-23(24(28)26-19(2)21-14-9-7-10-15-21)25(29)27-20(3)22-16-11-8-12-17-22/h7-12,14-17,19-20,23H,4-6,13,18H2,1-3H3,(H,26,28)(H,27,29)/t19-,20-/m0/s1. The van der Waals surface area contributed by atoms with Crippen LogP contribution in [0.2, 0.25) is 0 Å². The highest BCUT2D eigenvalue weighted by Gasteiger charge is 2.28. The zero-order valence-corrected chi connectivity index (χ0v) is 17.9. The second kappa shape index (κ2) is 12.1. The maximum atomic E-state index is 13.0. The summed E-state index contributed by atoms with van der Waals surface area (Å²) in [4.78, 5) is 26.0. The Morgan fingerprint density at radius 2 is 1.17 bits per heavy atom. The van der Waals surface area contributed by atoms with Crippen molar-refractivity contribution in [3.63, 3.8) is 0 Å². The Hall–Kier alpha value is -2.62. The summed E-state index contributed by atoms with van der Waals surface area (Å²) in [7, 11) is 0. The first-order chi connectivity index (χ1) is 14.0. The van der Waals surface area contributed by atoms with Crippen molar-refractivity contribution in [2.45, 2.75) is 65.0 Å². The Kier molecular flexibility index (Phi) is 9.42. The number of carbonyl (C=O) groups is 2. The Morgan fingerprint density at radius 3 is 1.59 bits per heavy atom. The van der Waals surface area contributed by atoms with E-state index in [0.29, 0.717) is 6.42 Å². The van der Waals surface area contributed by atoms with E-state index < -0.39 is 5.92 Å². The van der Waals surface area contributed by atoms with Crippen molar-refractivity contribution >= 4 is 11.8 Å². The van der Waals surface area contributed by atoms with E-state index in [1.165, 1.54) is 0 Å². The van der Waals surface area contributed by atoms with Gasteiger partial charge in [0.05, 0.1) is 12.1 Å². The smallest absolute Gasteiger partial charge is 0.233 e. The van der Waals surface area contributed by atoms with E-state index in [9.17, 15) is 9.59 Å². The molecule has 4 nitrogen and oxygen atoms in total. The van der Waals surface area contributed by atoms with Crippen molar-refractivity contribution in [2.75, 3.05) is 0 Å². The molecule has 0 saturated heterocycles. The molecule has 0 saturated carbocycles. The van der Waals surface area contributed by atoms with E-state index in [4.69, 9.17) is 0 Å². The van der Waals surface area contributed by atoms with E-state index in [2.05, 4.69) is 17.6 Å². The van der Waals surface area contributed by atoms with Crippen LogP contribution < -0.4 is 10.6 Å². The molecular formula is C25H34N2O2. The van der Waals surface area contributed by atoms with Crippen molar-refractivity contribution in [1.29, 1.82) is 0 Å². The highest BCUT2D eigenvalue weighted by Crippen LogP contribution is 2.18. The van der Waals surface area contributed by atoms with E-state index in [1.54, 1.807) is 0 Å². The molecule has 0 heterocycles. The summed E-state index contributed by atoms with van der Waals surface area (Å²) in [5, 5.41) is 6.06. The molecule has 0 bridgehead atoms. The molecule has 2 atom stereocenters. The number of unbranched alkanes of at least 4 members (excludes halogenated alkanes) is 3. The Labute approximate surface area is 175 Å². The molecule has 2 aromatic carbocycles. The maximum absolute atomic E-state index is 13.0. The summed E-state index contributed by atoms with van der Waals surface area (Å²) in [6, 6.07) is 19.4. The number of amides is 2. The summed E-state index contributed by atoms with van der Waals surface area (Å²) >= 11 is 0. The second-order valence-corrected chi connectivity index (χ2v) is 7.68. The molecule has 0 aliphatic heterocycles. The normalized spacial score (nSPS) is 13.0. The largest absolute Gasteiger partial charge is 0.349 e. The summed E-state index contributed by atoms with van der Waals surface area (Å²) in [5.41, 5.74) is 2.06. The van der Waals surface area contributed by atoms with Gasteiger partial charge in [-0.3, -0.25) is 9.59 Å². The molecule has 2 aromatic rings. The number of carbonyl (C=O) groups excluding carboxylic acids is 2. The van der Waals surface area contributed by atoms with Gasteiger partial charge in [0, 0.05) is 0 Å². The molecule has 0 unspecified atom stereocenters. The average molecular weight is 395 g/mol. The maximum Gasteiger partial charge on any atom is 0.233 e. The molecule has 2 N–H and O–H groups in total. The lowest BCUT2D eigenvalue weighted by Crippen LogP contribution is -2.42. The second-order valence-electron chi connectivity index (χ2n) is 7.68. The van der Waals surface area contributed by atoms with Crippen molar-refractivity contribution < 1.29 is 9.59 Å². The molecule has 2 rings (SSSR count). The lowest BCUT2D eigenvalue weighted by atomic mass is 9.97. The summed E-state index contributed by atoms with van der Waals surface area (Å²) < 4.78 is 0. The fourth-order valence-electron chi connectivity index (χ4n) is 3.43. The van der Waals surface area contributed by atoms with Gasteiger partial charge in [-0.25, -0.2) is 0 Å². The number of hydrogen-bond acceptors (Lipinski definition) is 2. The van der Waals surface area contributed by atoms with E-state index >= 15 is 0 Å². The number of benzene rings is 2. The zero-order valence-electron chi connectivity index (χ0n) is 17.9. The van der Waals surface area contributed by atoms with Crippen LogP contribution in [0.4, 0.5) is 0 Å². The van der Waals surface area contributed by atoms with Gasteiger partial charge in [-0.15, -0.1) is 0 Å². The Balaban J connectivity index is 2.04. The lowest BCUT2D eigenvalue weighted by Gasteiger charge is -2.22. The Morgan fingerprint density at radius 1 is 0.724 bits per heavy atom. The van der Waals surface area contributed by atoms with Gasteiger partial charge in [-0.1, -0.05) is 93.3 Å². The molecule has 0 aliphatic carbocycles. The number of nitrogens with one attached hydrogen (secondary N) is 2. The van der Waals surface area contributed by atoms with Gasteiger partial charge in [0.25, 0.3) is 0 Å². The van der Waals surface area contributed by atoms with Crippen LogP contribution in [0.15, 0.2) is 60.7 Å². The third kappa shape index (κ3) is 7.37. The highest BCUT2D eigenvalue weighted by atomic mass is 16.2. The molecule has 0 radical (unpaired) electrons. The molecule has 0 fully saturated rings. The molecule has 29 heavy (non-hydrogen) atoms. The molecule has 4 heteroatoms. The van der Waals surface area contributed by atoms with Crippen LogP contribution in [0.25, 0.3) is 0 Å². The molecule has 0 aromatic heterocycles. The van der Waals surface area contributed by atoms with Gasteiger partial charge in [-0.2, -0.15) is 0 Å². The first kappa shape index (κ1) is 22.7. The van der Waals surface area contributed by atoms with E-state index in [1.807, 2.05) is 74.5 Å². The van der Waals surface area contributed by atoms with Crippen LogP contribution >= 0.6 is 0 Å². The summed E-state index contributed by atoms with van der Waals surface area (Å²) in [5.74, 6) is -1.07. The van der Waals surface area contributed by atoms with Gasteiger partial charge in [-0.05, 0) is 31.4 Å². The minimum Gasteiger partial charge on any atom is -0.349 e. The fraction of sp³-hybridized carbons (Fsp3) is 0.440. The molecule has 2 amide bonds. The minimum atomic E-state index is -0.677. The van der Waals surface area contributed by atoms with Crippen molar-refractivity contribution in [1.82, 2.24) is 10.6 Å². The predicted molar refractivity (Wildman–Crippen MR) is 118 cm³/mol. The monoisotopic (exact) mass is 394 g/mol. The first-order valence-electron chi connectivity index (χ1n) is 10.7. The minimum absolute atomic E-state index is 0.138. The highest BCUT2D eigenvalue weighted by molar-refractivity contribution is 6.00. The van der Waals surface area contributed by atoms with Crippen LogP contribution in [0.1, 0.15) is 76.1 Å². The molecule has 156 valence electrons. The fourth-order valence-corrected chi connectivity index (χ4v) is 3.43. The predicted octanol–water partition coefficient (Wildman–Crippen LogP) is 5.33. The van der Waals surface area contributed by atoms with Crippen LogP contribution in [0.5, 0.6) is 0 Å². The van der Waals surface area contributed by atoms with Gasteiger partial charge in [0.2, 0.25) is 11.8 Å². The first-order valence-corrected chi connectivity index (χ1v) is 10.7. The van der Waals surface area contributed by atoms with Crippen molar-refractivity contribution in [3.05, 3.63) is 71.8 Å². The van der Waals surface area contributed by atoms with Crippen LogP contribution in [0, 0.1) is 5.92 Å². The number of hydrogen-bond donors (Lipinski definition) is 2. The van der Waals surface area contributed by atoms with Crippen LogP contribution in [-0.2, 0) is 9.59 Å². The third-order valence-electron chi connectivity index (χ3n) is 5.30. The van der Waals surface area contributed by atoms with Gasteiger partial charge in [0.15, 0.2) is 0 Å². The summed E-state index contributed by atoms with van der Waals surface area (Å²) in [6.45, 7) is 6.05. The van der Waals surface area contributed by atoms with E-state index in [-0.39, 0.29) is 23.9 Å². The molecule has 0 spiro atoms. The topological polar surface area (TPSA) is 58.2 Å². The zero-order chi connectivity index (χ0) is 21.1. The van der Waals surface area contributed by atoms with Crippen LogP contribution in [-0.4, -0.2) is 11.8 Å². The van der Waals surface area contributed by atoms with Gasteiger partial charge < -0.3 is 10.6 Å². The SMILES string of the molecule is CCCCCCC(C(=O)N[C@@H](C)c1ccccc1)C(=O)N[C@@H](C)c1ccccc1. The number of rotatable bonds is 11. The van der Waals surface area contributed by atoms with Gasteiger partial charge in [0.1, 0.15) is 5.92 Å². The van der Waals surface area contributed by atoms with E-state index in [0.717, 1.165) is 36.8 Å². The van der Waals surface area contributed by atoms with Gasteiger partial charge >= 0.3 is 0 Å². The molecule has 0 aliphatic rings. The average Bonchev–Trinajstić information content (AvgIpc) is 2.74. The lowest BCUT2D eigenvalue weighted by molar-refractivity contribution is -0.136.